The Kier molecular flexibility index (Phi) is 6.45. The second kappa shape index (κ2) is 9.64. The van der Waals surface area contributed by atoms with Crippen LogP contribution in [0.4, 0.5) is 11.4 Å². The van der Waals surface area contributed by atoms with Crippen LogP contribution in [-0.2, 0) is 11.2 Å². The van der Waals surface area contributed by atoms with Gasteiger partial charge in [-0.2, -0.15) is 0 Å². The lowest BCUT2D eigenvalue weighted by Crippen LogP contribution is -2.54. The number of ether oxygens (including phenoxy) is 2. The van der Waals surface area contributed by atoms with Crippen LogP contribution < -0.4 is 19.3 Å². The summed E-state index contributed by atoms with van der Waals surface area (Å²) in [6.45, 7) is 10.3. The summed E-state index contributed by atoms with van der Waals surface area (Å²) < 4.78 is 11.7. The number of anilines is 2. The van der Waals surface area contributed by atoms with Gasteiger partial charge in [0.05, 0.1) is 5.69 Å². The average molecular weight is 450 g/mol. The Labute approximate surface area is 197 Å². The van der Waals surface area contributed by atoms with Crippen molar-refractivity contribution in [1.29, 1.82) is 0 Å². The van der Waals surface area contributed by atoms with Gasteiger partial charge in [0, 0.05) is 50.9 Å². The number of hydrogen-bond donors (Lipinski definition) is 0. The molecule has 0 spiro atoms. The molecule has 176 valence electrons. The number of piperazine rings is 1. The van der Waals surface area contributed by atoms with Crippen LogP contribution in [0.5, 0.6) is 11.5 Å². The normalized spacial score (nSPS) is 20.6. The lowest BCUT2D eigenvalue weighted by molar-refractivity contribution is -0.120. The molecule has 6 nitrogen and oxygen atoms in total. The number of benzene rings is 2. The standard InChI is InChI=1S/C27H35N3O3/c1-20(2)18-26(31)30-22(11-10-21-6-3-4-7-23(21)30)19-28-12-14-29(15-13-28)24-8-5-9-25-27(24)33-17-16-32-25/h3-9,20,22H,10-19H2,1-2H3. The molecule has 1 saturated heterocycles. The van der Waals surface area contributed by atoms with Gasteiger partial charge in [-0.1, -0.05) is 38.1 Å². The first kappa shape index (κ1) is 22.1. The van der Waals surface area contributed by atoms with Gasteiger partial charge in [0.2, 0.25) is 5.91 Å². The highest BCUT2D eigenvalue weighted by atomic mass is 16.6. The van der Waals surface area contributed by atoms with E-state index in [9.17, 15) is 4.79 Å². The summed E-state index contributed by atoms with van der Waals surface area (Å²) in [5.74, 6) is 2.35. The number of hydrogen-bond acceptors (Lipinski definition) is 5. The van der Waals surface area contributed by atoms with Crippen LogP contribution >= 0.6 is 0 Å². The van der Waals surface area contributed by atoms with Gasteiger partial charge in [0.15, 0.2) is 11.5 Å². The van der Waals surface area contributed by atoms with Gasteiger partial charge in [-0.3, -0.25) is 9.69 Å². The first-order valence-corrected chi connectivity index (χ1v) is 12.4. The van der Waals surface area contributed by atoms with E-state index in [1.165, 1.54) is 5.56 Å². The molecule has 0 bridgehead atoms. The summed E-state index contributed by atoms with van der Waals surface area (Å²) in [5, 5.41) is 0. The molecule has 2 aromatic rings. The van der Waals surface area contributed by atoms with Gasteiger partial charge in [0.1, 0.15) is 13.2 Å². The molecule has 3 aliphatic rings. The lowest BCUT2D eigenvalue weighted by atomic mass is 9.94. The van der Waals surface area contributed by atoms with Gasteiger partial charge < -0.3 is 19.3 Å². The molecule has 3 heterocycles. The van der Waals surface area contributed by atoms with Crippen molar-refractivity contribution in [1.82, 2.24) is 4.90 Å². The molecule has 0 aliphatic carbocycles. The highest BCUT2D eigenvalue weighted by Crippen LogP contribution is 2.40. The van der Waals surface area contributed by atoms with Crippen LogP contribution in [0.2, 0.25) is 0 Å². The number of rotatable bonds is 5. The van der Waals surface area contributed by atoms with Crippen molar-refractivity contribution < 1.29 is 14.3 Å². The van der Waals surface area contributed by atoms with Crippen molar-refractivity contribution in [2.24, 2.45) is 5.92 Å². The van der Waals surface area contributed by atoms with E-state index < -0.39 is 0 Å². The fraction of sp³-hybridized carbons (Fsp3) is 0.519. The third kappa shape index (κ3) is 4.67. The summed E-state index contributed by atoms with van der Waals surface area (Å²) in [5.41, 5.74) is 3.55. The molecule has 0 N–H and O–H groups in total. The molecule has 1 fully saturated rings. The predicted molar refractivity (Wildman–Crippen MR) is 132 cm³/mol. The Bertz CT molecular complexity index is 984. The number of fused-ring (bicyclic) bond motifs is 2. The van der Waals surface area contributed by atoms with Gasteiger partial charge in [0.25, 0.3) is 0 Å². The molecule has 2 aromatic carbocycles. The van der Waals surface area contributed by atoms with E-state index in [0.29, 0.717) is 25.6 Å². The van der Waals surface area contributed by atoms with E-state index in [0.717, 1.165) is 68.4 Å². The van der Waals surface area contributed by atoms with E-state index in [4.69, 9.17) is 9.47 Å². The predicted octanol–water partition coefficient (Wildman–Crippen LogP) is 3.97. The molecule has 6 heteroatoms. The minimum Gasteiger partial charge on any atom is -0.486 e. The van der Waals surface area contributed by atoms with Gasteiger partial charge in [-0.25, -0.2) is 0 Å². The second-order valence-corrected chi connectivity index (χ2v) is 9.77. The Morgan fingerprint density at radius 1 is 0.970 bits per heavy atom. The molecule has 0 aromatic heterocycles. The van der Waals surface area contributed by atoms with Gasteiger partial charge >= 0.3 is 0 Å². The van der Waals surface area contributed by atoms with Gasteiger partial charge in [-0.15, -0.1) is 0 Å². The Morgan fingerprint density at radius 3 is 2.55 bits per heavy atom. The fourth-order valence-corrected chi connectivity index (χ4v) is 5.34. The number of nitrogens with zero attached hydrogens (tertiary/aromatic N) is 3. The van der Waals surface area contributed by atoms with Gasteiger partial charge in [-0.05, 0) is 42.5 Å². The van der Waals surface area contributed by atoms with Crippen LogP contribution in [0.3, 0.4) is 0 Å². The number of carbonyl (C=O) groups is 1. The molecular weight excluding hydrogens is 414 g/mol. The largest absolute Gasteiger partial charge is 0.486 e. The molecule has 1 unspecified atom stereocenters. The van der Waals surface area contributed by atoms with Crippen LogP contribution in [0.25, 0.3) is 0 Å². The molecule has 1 atom stereocenters. The summed E-state index contributed by atoms with van der Waals surface area (Å²) in [6.07, 6.45) is 2.66. The minimum absolute atomic E-state index is 0.235. The van der Waals surface area contributed by atoms with E-state index in [1.54, 1.807) is 0 Å². The smallest absolute Gasteiger partial charge is 0.227 e. The van der Waals surface area contributed by atoms with Crippen molar-refractivity contribution in [3.8, 4) is 11.5 Å². The molecule has 0 saturated carbocycles. The van der Waals surface area contributed by atoms with Crippen molar-refractivity contribution in [3.63, 3.8) is 0 Å². The fourth-order valence-electron chi connectivity index (χ4n) is 5.34. The third-order valence-corrected chi connectivity index (χ3v) is 6.94. The van der Waals surface area contributed by atoms with Crippen molar-refractivity contribution >= 4 is 17.3 Å². The average Bonchev–Trinajstić information content (AvgIpc) is 2.83. The zero-order valence-corrected chi connectivity index (χ0v) is 19.8. The maximum Gasteiger partial charge on any atom is 0.227 e. The van der Waals surface area contributed by atoms with Crippen LogP contribution in [0, 0.1) is 5.92 Å². The van der Waals surface area contributed by atoms with E-state index in [-0.39, 0.29) is 11.9 Å². The lowest BCUT2D eigenvalue weighted by Gasteiger charge is -2.43. The Morgan fingerprint density at radius 2 is 1.73 bits per heavy atom. The SMILES string of the molecule is CC(C)CC(=O)N1c2ccccc2CCC1CN1CCN(c2cccc3c2OCCO3)CC1. The molecular formula is C27H35N3O3. The van der Waals surface area contributed by atoms with E-state index >= 15 is 0 Å². The van der Waals surface area contributed by atoms with Crippen LogP contribution in [0.15, 0.2) is 42.5 Å². The first-order chi connectivity index (χ1) is 16.1. The monoisotopic (exact) mass is 449 g/mol. The second-order valence-electron chi connectivity index (χ2n) is 9.77. The molecule has 5 rings (SSSR count). The zero-order valence-electron chi connectivity index (χ0n) is 19.8. The van der Waals surface area contributed by atoms with E-state index in [2.05, 4.69) is 58.9 Å². The number of aryl methyl sites for hydroxylation is 1. The summed E-state index contributed by atoms with van der Waals surface area (Å²) in [4.78, 5) is 20.3. The highest BCUT2D eigenvalue weighted by molar-refractivity contribution is 5.95. The van der Waals surface area contributed by atoms with Crippen molar-refractivity contribution in [2.45, 2.75) is 39.2 Å². The maximum absolute atomic E-state index is 13.3. The minimum atomic E-state index is 0.235. The Hall–Kier alpha value is -2.73. The number of amides is 1. The van der Waals surface area contributed by atoms with E-state index in [1.807, 2.05) is 12.1 Å². The highest BCUT2D eigenvalue weighted by Gasteiger charge is 2.33. The Balaban J connectivity index is 1.27. The van der Waals surface area contributed by atoms with Crippen LogP contribution in [-0.4, -0.2) is 62.8 Å². The number of para-hydroxylation sites is 2. The zero-order chi connectivity index (χ0) is 22.8. The van der Waals surface area contributed by atoms with Crippen molar-refractivity contribution in [3.05, 3.63) is 48.0 Å². The molecule has 3 aliphatic heterocycles. The van der Waals surface area contributed by atoms with Crippen LogP contribution in [0.1, 0.15) is 32.3 Å². The summed E-state index contributed by atoms with van der Waals surface area (Å²) >= 11 is 0. The summed E-state index contributed by atoms with van der Waals surface area (Å²) in [7, 11) is 0. The summed E-state index contributed by atoms with van der Waals surface area (Å²) in [6, 6.07) is 14.8. The molecule has 1 amide bonds. The maximum atomic E-state index is 13.3. The third-order valence-electron chi connectivity index (χ3n) is 6.94. The van der Waals surface area contributed by atoms with Crippen molar-refractivity contribution in [2.75, 3.05) is 55.7 Å². The first-order valence-electron chi connectivity index (χ1n) is 12.4. The molecule has 0 radical (unpaired) electrons. The quantitative estimate of drug-likeness (QED) is 0.691. The molecule has 33 heavy (non-hydrogen) atoms. The number of carbonyl (C=O) groups excluding carboxylic acids is 1. The topological polar surface area (TPSA) is 45.3 Å².